The fourth-order valence-corrected chi connectivity index (χ4v) is 3.94. The van der Waals surface area contributed by atoms with E-state index in [0.717, 1.165) is 24.8 Å². The Morgan fingerprint density at radius 2 is 1.96 bits per heavy atom. The van der Waals surface area contributed by atoms with Gasteiger partial charge in [0.2, 0.25) is 5.43 Å². The maximum atomic E-state index is 13.1. The number of piperidine rings is 1. The molecule has 0 saturated carbocycles. The molecule has 27 heavy (non-hydrogen) atoms. The summed E-state index contributed by atoms with van der Waals surface area (Å²) >= 11 is 0. The SMILES string of the molecule is CC(=O)c1cn2c(c(OCc3ccccc3)c1=O)C(=O)N1CCCC[C@H]1C2. The molecular formula is C21H22N2O4. The number of benzene rings is 1. The van der Waals surface area contributed by atoms with Crippen LogP contribution in [0.3, 0.4) is 0 Å². The van der Waals surface area contributed by atoms with E-state index in [2.05, 4.69) is 0 Å². The number of pyridine rings is 1. The molecule has 1 saturated heterocycles. The van der Waals surface area contributed by atoms with Gasteiger partial charge in [-0.3, -0.25) is 14.4 Å². The van der Waals surface area contributed by atoms with E-state index in [1.54, 1.807) is 4.57 Å². The summed E-state index contributed by atoms with van der Waals surface area (Å²) in [7, 11) is 0. The average Bonchev–Trinajstić information content (AvgIpc) is 2.68. The van der Waals surface area contributed by atoms with Crippen molar-refractivity contribution in [1.29, 1.82) is 0 Å². The highest BCUT2D eigenvalue weighted by Gasteiger charge is 2.37. The first-order valence-electron chi connectivity index (χ1n) is 9.32. The van der Waals surface area contributed by atoms with Crippen molar-refractivity contribution in [3.8, 4) is 5.75 Å². The normalized spacial score (nSPS) is 18.6. The second-order valence-electron chi connectivity index (χ2n) is 7.18. The van der Waals surface area contributed by atoms with Crippen molar-refractivity contribution in [2.75, 3.05) is 6.54 Å². The van der Waals surface area contributed by atoms with Crippen molar-refractivity contribution >= 4 is 11.7 Å². The minimum absolute atomic E-state index is 0.0134. The molecule has 2 aromatic rings. The van der Waals surface area contributed by atoms with E-state index in [-0.39, 0.29) is 41.3 Å². The Hall–Kier alpha value is -2.89. The maximum absolute atomic E-state index is 13.1. The van der Waals surface area contributed by atoms with Crippen molar-refractivity contribution in [3.05, 3.63) is 63.6 Å². The number of hydrogen-bond acceptors (Lipinski definition) is 4. The van der Waals surface area contributed by atoms with Gasteiger partial charge in [-0.05, 0) is 31.7 Å². The fraction of sp³-hybridized carbons (Fsp3) is 0.381. The van der Waals surface area contributed by atoms with E-state index < -0.39 is 5.43 Å². The molecule has 0 spiro atoms. The number of fused-ring (bicyclic) bond motifs is 2. The number of ketones is 1. The number of amides is 1. The lowest BCUT2D eigenvalue weighted by molar-refractivity contribution is 0.0501. The molecule has 1 atom stereocenters. The Balaban J connectivity index is 1.79. The highest BCUT2D eigenvalue weighted by molar-refractivity contribution is 5.99. The topological polar surface area (TPSA) is 68.6 Å². The number of carbonyl (C=O) groups is 2. The van der Waals surface area contributed by atoms with Gasteiger partial charge in [0, 0.05) is 25.3 Å². The molecule has 0 unspecified atom stereocenters. The van der Waals surface area contributed by atoms with Gasteiger partial charge < -0.3 is 14.2 Å². The van der Waals surface area contributed by atoms with Crippen LogP contribution in [-0.2, 0) is 13.2 Å². The first kappa shape index (κ1) is 17.5. The smallest absolute Gasteiger partial charge is 0.274 e. The molecule has 1 fully saturated rings. The fourth-order valence-electron chi connectivity index (χ4n) is 3.94. The summed E-state index contributed by atoms with van der Waals surface area (Å²) in [5.41, 5.74) is 0.717. The van der Waals surface area contributed by atoms with Gasteiger partial charge in [-0.25, -0.2) is 0 Å². The molecule has 0 N–H and O–H groups in total. The van der Waals surface area contributed by atoms with Gasteiger partial charge in [0.1, 0.15) is 6.61 Å². The van der Waals surface area contributed by atoms with E-state index in [1.807, 2.05) is 35.2 Å². The lowest BCUT2D eigenvalue weighted by Crippen LogP contribution is -2.51. The second kappa shape index (κ2) is 7.02. The van der Waals surface area contributed by atoms with Crippen LogP contribution in [0.25, 0.3) is 0 Å². The number of rotatable bonds is 4. The second-order valence-corrected chi connectivity index (χ2v) is 7.18. The zero-order valence-electron chi connectivity index (χ0n) is 15.3. The molecule has 0 bridgehead atoms. The van der Waals surface area contributed by atoms with E-state index >= 15 is 0 Å². The number of aromatic nitrogens is 1. The number of hydrogen-bond donors (Lipinski definition) is 0. The summed E-state index contributed by atoms with van der Waals surface area (Å²) in [6, 6.07) is 9.56. The molecule has 1 aromatic heterocycles. The van der Waals surface area contributed by atoms with E-state index in [1.165, 1.54) is 13.1 Å². The Kier molecular flexibility index (Phi) is 4.56. The summed E-state index contributed by atoms with van der Waals surface area (Å²) < 4.78 is 7.57. The van der Waals surface area contributed by atoms with Crippen molar-refractivity contribution in [2.24, 2.45) is 0 Å². The zero-order valence-corrected chi connectivity index (χ0v) is 15.3. The average molecular weight is 366 g/mol. The molecule has 0 radical (unpaired) electrons. The highest BCUT2D eigenvalue weighted by Crippen LogP contribution is 2.29. The monoisotopic (exact) mass is 366 g/mol. The molecule has 6 heteroatoms. The molecule has 4 rings (SSSR count). The van der Waals surface area contributed by atoms with Crippen LogP contribution in [0.4, 0.5) is 0 Å². The molecule has 2 aliphatic rings. The first-order valence-corrected chi connectivity index (χ1v) is 9.32. The minimum Gasteiger partial charge on any atom is -0.483 e. The summed E-state index contributed by atoms with van der Waals surface area (Å²) in [4.78, 5) is 39.8. The minimum atomic E-state index is -0.506. The van der Waals surface area contributed by atoms with Gasteiger partial charge in [0.15, 0.2) is 17.2 Å². The van der Waals surface area contributed by atoms with Gasteiger partial charge in [0.05, 0.1) is 5.56 Å². The number of carbonyl (C=O) groups excluding carboxylic acids is 2. The molecular weight excluding hydrogens is 344 g/mol. The summed E-state index contributed by atoms with van der Waals surface area (Å²) in [6.45, 7) is 2.82. The van der Waals surface area contributed by atoms with Crippen molar-refractivity contribution < 1.29 is 14.3 Å². The molecule has 1 amide bonds. The predicted octanol–water partition coefficient (Wildman–Crippen LogP) is 2.64. The molecule has 6 nitrogen and oxygen atoms in total. The van der Waals surface area contributed by atoms with E-state index in [9.17, 15) is 14.4 Å². The largest absolute Gasteiger partial charge is 0.483 e. The van der Waals surface area contributed by atoms with Gasteiger partial charge in [-0.2, -0.15) is 0 Å². The van der Waals surface area contributed by atoms with Crippen LogP contribution in [0.15, 0.2) is 41.3 Å². The van der Waals surface area contributed by atoms with Crippen LogP contribution >= 0.6 is 0 Å². The highest BCUT2D eigenvalue weighted by atomic mass is 16.5. The van der Waals surface area contributed by atoms with Crippen molar-refractivity contribution in [3.63, 3.8) is 0 Å². The van der Waals surface area contributed by atoms with Crippen LogP contribution in [0.1, 0.15) is 52.6 Å². The number of ether oxygens (including phenoxy) is 1. The van der Waals surface area contributed by atoms with Crippen molar-refractivity contribution in [1.82, 2.24) is 9.47 Å². The Labute approximate surface area is 157 Å². The van der Waals surface area contributed by atoms with Crippen LogP contribution < -0.4 is 10.2 Å². The standard InChI is InChI=1S/C21H22N2O4/c1-14(24)17-12-22-11-16-9-5-6-10-23(16)21(26)18(22)20(19(17)25)27-13-15-7-3-2-4-8-15/h2-4,7-8,12,16H,5-6,9-11,13H2,1H3/t16-/m0/s1. The first-order chi connectivity index (χ1) is 13.1. The summed E-state index contributed by atoms with van der Waals surface area (Å²) in [5.74, 6) is -0.514. The zero-order chi connectivity index (χ0) is 19.0. The Bertz CT molecular complexity index is 949. The van der Waals surface area contributed by atoms with Gasteiger partial charge in [0.25, 0.3) is 5.91 Å². The third kappa shape index (κ3) is 3.16. The molecule has 2 aliphatic heterocycles. The number of nitrogens with zero attached hydrogens (tertiary/aromatic N) is 2. The quantitative estimate of drug-likeness (QED) is 0.780. The lowest BCUT2D eigenvalue weighted by atomic mass is 9.98. The van der Waals surface area contributed by atoms with Gasteiger partial charge >= 0.3 is 0 Å². The Morgan fingerprint density at radius 1 is 1.19 bits per heavy atom. The van der Waals surface area contributed by atoms with Crippen LogP contribution in [0, 0.1) is 0 Å². The molecule has 1 aromatic carbocycles. The third-order valence-electron chi connectivity index (χ3n) is 5.34. The predicted molar refractivity (Wildman–Crippen MR) is 100 cm³/mol. The molecule has 140 valence electrons. The van der Waals surface area contributed by atoms with E-state index in [0.29, 0.717) is 13.1 Å². The van der Waals surface area contributed by atoms with Crippen LogP contribution in [0.2, 0.25) is 0 Å². The summed E-state index contributed by atoms with van der Waals surface area (Å²) in [5, 5.41) is 0. The van der Waals surface area contributed by atoms with E-state index in [4.69, 9.17) is 4.74 Å². The van der Waals surface area contributed by atoms with Gasteiger partial charge in [-0.1, -0.05) is 30.3 Å². The molecule has 0 aliphatic carbocycles. The van der Waals surface area contributed by atoms with Crippen LogP contribution in [0.5, 0.6) is 5.75 Å². The lowest BCUT2D eigenvalue weighted by Gasteiger charge is -2.41. The number of Topliss-reactive ketones (excluding diaryl/α,β-unsaturated/α-hetero) is 1. The Morgan fingerprint density at radius 3 is 2.70 bits per heavy atom. The molecule has 3 heterocycles. The summed E-state index contributed by atoms with van der Waals surface area (Å²) in [6.07, 6.45) is 4.52. The maximum Gasteiger partial charge on any atom is 0.274 e. The third-order valence-corrected chi connectivity index (χ3v) is 5.34. The van der Waals surface area contributed by atoms with Gasteiger partial charge in [-0.15, -0.1) is 0 Å². The van der Waals surface area contributed by atoms with Crippen molar-refractivity contribution in [2.45, 2.75) is 45.4 Å². The van der Waals surface area contributed by atoms with Crippen LogP contribution in [-0.4, -0.2) is 33.7 Å².